The number of esters is 1. The Kier molecular flexibility index (Phi) is 5.25. The van der Waals surface area contributed by atoms with Crippen molar-refractivity contribution in [3.63, 3.8) is 0 Å². The molecule has 8 heteroatoms. The summed E-state index contributed by atoms with van der Waals surface area (Å²) in [5.74, 6) is -0.372. The monoisotopic (exact) mass is 369 g/mol. The number of hydrogen-bond acceptors (Lipinski definition) is 5. The normalized spacial score (nSPS) is 16.4. The molecule has 0 saturated carbocycles. The van der Waals surface area contributed by atoms with Crippen LogP contribution in [0.4, 0.5) is 10.5 Å². The molecule has 0 bridgehead atoms. The van der Waals surface area contributed by atoms with Gasteiger partial charge in [-0.2, -0.15) is 0 Å². The second-order valence-corrected chi connectivity index (χ2v) is 5.84. The summed E-state index contributed by atoms with van der Waals surface area (Å²) in [4.78, 5) is 36.3. The van der Waals surface area contributed by atoms with E-state index in [-0.39, 0.29) is 6.61 Å². The second kappa shape index (κ2) is 7.77. The molecular formula is C19H19N3O5. The van der Waals surface area contributed by atoms with Gasteiger partial charge in [-0.3, -0.25) is 4.79 Å². The van der Waals surface area contributed by atoms with E-state index in [1.165, 1.54) is 6.26 Å². The SMILES string of the molecule is CCOC(=O)c1ccc(NC(=O)C2=C(C)NC(=O)N[C@@H]2c2ccco2)cc1. The molecule has 0 saturated heterocycles. The van der Waals surface area contributed by atoms with Crippen molar-refractivity contribution in [3.8, 4) is 0 Å². The summed E-state index contributed by atoms with van der Waals surface area (Å²) in [5.41, 5.74) is 1.66. The first-order chi connectivity index (χ1) is 13.0. The van der Waals surface area contributed by atoms with Crippen molar-refractivity contribution in [2.75, 3.05) is 11.9 Å². The average Bonchev–Trinajstić information content (AvgIpc) is 3.16. The van der Waals surface area contributed by atoms with E-state index in [4.69, 9.17) is 9.15 Å². The van der Waals surface area contributed by atoms with Crippen molar-refractivity contribution in [3.05, 3.63) is 65.3 Å². The minimum atomic E-state index is -0.701. The first-order valence-electron chi connectivity index (χ1n) is 8.39. The molecule has 1 aromatic carbocycles. The molecule has 1 aromatic heterocycles. The summed E-state index contributed by atoms with van der Waals surface area (Å²) in [6.45, 7) is 3.67. The standard InChI is InChI=1S/C19H19N3O5/c1-3-26-18(24)12-6-8-13(9-7-12)21-17(23)15-11(2)20-19(25)22-16(15)14-5-4-10-27-14/h4-10,16H,3H2,1-2H3,(H,21,23)(H2,20,22,25)/t16-/m1/s1. The Bertz CT molecular complexity index is 885. The van der Waals surface area contributed by atoms with Gasteiger partial charge in [0.1, 0.15) is 11.8 Å². The number of urea groups is 1. The molecule has 1 aliphatic heterocycles. The highest BCUT2D eigenvalue weighted by Gasteiger charge is 2.32. The zero-order chi connectivity index (χ0) is 19.4. The first-order valence-corrected chi connectivity index (χ1v) is 8.39. The number of ether oxygens (including phenoxy) is 1. The van der Waals surface area contributed by atoms with E-state index in [0.29, 0.717) is 28.3 Å². The smallest absolute Gasteiger partial charge is 0.338 e. The van der Waals surface area contributed by atoms with E-state index < -0.39 is 23.9 Å². The average molecular weight is 369 g/mol. The lowest BCUT2D eigenvalue weighted by atomic mass is 9.99. The van der Waals surface area contributed by atoms with Crippen LogP contribution in [0.5, 0.6) is 0 Å². The summed E-state index contributed by atoms with van der Waals surface area (Å²) in [7, 11) is 0. The Morgan fingerprint density at radius 2 is 1.96 bits per heavy atom. The number of amides is 3. The summed E-state index contributed by atoms with van der Waals surface area (Å²) in [6, 6.07) is 8.61. The third-order valence-corrected chi connectivity index (χ3v) is 4.00. The van der Waals surface area contributed by atoms with Crippen LogP contribution in [0.2, 0.25) is 0 Å². The molecule has 3 amide bonds. The lowest BCUT2D eigenvalue weighted by molar-refractivity contribution is -0.113. The fourth-order valence-corrected chi connectivity index (χ4v) is 2.77. The lowest BCUT2D eigenvalue weighted by Gasteiger charge is -2.27. The van der Waals surface area contributed by atoms with E-state index in [9.17, 15) is 14.4 Å². The molecule has 2 aromatic rings. The molecule has 2 heterocycles. The van der Waals surface area contributed by atoms with Crippen LogP contribution in [0, 0.1) is 0 Å². The minimum absolute atomic E-state index is 0.289. The molecule has 0 aliphatic carbocycles. The van der Waals surface area contributed by atoms with Gasteiger partial charge >= 0.3 is 12.0 Å². The van der Waals surface area contributed by atoms with Gasteiger partial charge in [0, 0.05) is 11.4 Å². The Morgan fingerprint density at radius 1 is 1.22 bits per heavy atom. The zero-order valence-corrected chi connectivity index (χ0v) is 14.9. The van der Waals surface area contributed by atoms with Crippen LogP contribution in [0.3, 0.4) is 0 Å². The van der Waals surface area contributed by atoms with E-state index in [1.54, 1.807) is 50.2 Å². The van der Waals surface area contributed by atoms with Crippen molar-refractivity contribution in [1.29, 1.82) is 0 Å². The number of anilines is 1. The van der Waals surface area contributed by atoms with Gasteiger partial charge in [-0.15, -0.1) is 0 Å². The van der Waals surface area contributed by atoms with Crippen LogP contribution in [0.1, 0.15) is 36.0 Å². The van der Waals surface area contributed by atoms with Crippen LogP contribution < -0.4 is 16.0 Å². The molecule has 0 spiro atoms. The van der Waals surface area contributed by atoms with Crippen molar-refractivity contribution < 1.29 is 23.5 Å². The molecule has 8 nitrogen and oxygen atoms in total. The minimum Gasteiger partial charge on any atom is -0.467 e. The maximum absolute atomic E-state index is 12.8. The number of carbonyl (C=O) groups is 3. The largest absolute Gasteiger partial charge is 0.467 e. The molecule has 3 N–H and O–H groups in total. The highest BCUT2D eigenvalue weighted by molar-refractivity contribution is 6.06. The van der Waals surface area contributed by atoms with Crippen molar-refractivity contribution in [1.82, 2.24) is 10.6 Å². The van der Waals surface area contributed by atoms with Crippen molar-refractivity contribution in [2.24, 2.45) is 0 Å². The third-order valence-electron chi connectivity index (χ3n) is 4.00. The summed E-state index contributed by atoms with van der Waals surface area (Å²) in [5, 5.41) is 8.04. The first kappa shape index (κ1) is 18.2. The van der Waals surface area contributed by atoms with Crippen LogP contribution in [-0.4, -0.2) is 24.5 Å². The summed E-state index contributed by atoms with van der Waals surface area (Å²) < 4.78 is 10.3. The topological polar surface area (TPSA) is 110 Å². The van der Waals surface area contributed by atoms with Gasteiger partial charge in [-0.05, 0) is 50.2 Å². The quantitative estimate of drug-likeness (QED) is 0.702. The van der Waals surface area contributed by atoms with Gasteiger partial charge in [0.05, 0.1) is 24.0 Å². The molecule has 0 fully saturated rings. The van der Waals surface area contributed by atoms with Crippen LogP contribution in [0.25, 0.3) is 0 Å². The van der Waals surface area contributed by atoms with Crippen LogP contribution in [0.15, 0.2) is 58.3 Å². The number of hydrogen-bond donors (Lipinski definition) is 3. The van der Waals surface area contributed by atoms with Gasteiger partial charge in [0.15, 0.2) is 0 Å². The van der Waals surface area contributed by atoms with Crippen molar-refractivity contribution in [2.45, 2.75) is 19.9 Å². The van der Waals surface area contributed by atoms with E-state index in [1.807, 2.05) is 0 Å². The maximum Gasteiger partial charge on any atom is 0.338 e. The fraction of sp³-hybridized carbons (Fsp3) is 0.211. The molecule has 140 valence electrons. The molecule has 27 heavy (non-hydrogen) atoms. The number of benzene rings is 1. The highest BCUT2D eigenvalue weighted by atomic mass is 16.5. The number of nitrogens with one attached hydrogen (secondary N) is 3. The fourth-order valence-electron chi connectivity index (χ4n) is 2.77. The molecular weight excluding hydrogens is 350 g/mol. The van der Waals surface area contributed by atoms with Gasteiger partial charge in [0.25, 0.3) is 5.91 Å². The zero-order valence-electron chi connectivity index (χ0n) is 14.9. The predicted octanol–water partition coefficient (Wildman–Crippen LogP) is 2.72. The van der Waals surface area contributed by atoms with E-state index in [2.05, 4.69) is 16.0 Å². The molecule has 3 rings (SSSR count). The summed E-state index contributed by atoms with van der Waals surface area (Å²) in [6.07, 6.45) is 1.47. The van der Waals surface area contributed by atoms with Crippen molar-refractivity contribution >= 4 is 23.6 Å². The Balaban J connectivity index is 1.80. The maximum atomic E-state index is 12.8. The van der Waals surface area contributed by atoms with E-state index >= 15 is 0 Å². The Morgan fingerprint density at radius 3 is 2.59 bits per heavy atom. The van der Waals surface area contributed by atoms with Crippen LogP contribution >= 0.6 is 0 Å². The molecule has 1 atom stereocenters. The number of carbonyl (C=O) groups excluding carboxylic acids is 3. The second-order valence-electron chi connectivity index (χ2n) is 5.84. The van der Waals surface area contributed by atoms with Gasteiger partial charge < -0.3 is 25.1 Å². The van der Waals surface area contributed by atoms with Crippen LogP contribution in [-0.2, 0) is 9.53 Å². The predicted molar refractivity (Wildman–Crippen MR) is 96.8 cm³/mol. The van der Waals surface area contributed by atoms with Gasteiger partial charge in [-0.1, -0.05) is 0 Å². The van der Waals surface area contributed by atoms with E-state index in [0.717, 1.165) is 0 Å². The summed E-state index contributed by atoms with van der Waals surface area (Å²) >= 11 is 0. The number of rotatable bonds is 5. The van der Waals surface area contributed by atoms with Gasteiger partial charge in [-0.25, -0.2) is 9.59 Å². The molecule has 1 aliphatic rings. The Labute approximate surface area is 155 Å². The number of allylic oxidation sites excluding steroid dienone is 1. The Hall–Kier alpha value is -3.55. The molecule has 0 unspecified atom stereocenters. The number of furan rings is 1. The van der Waals surface area contributed by atoms with Gasteiger partial charge in [0.2, 0.25) is 0 Å². The highest BCUT2D eigenvalue weighted by Crippen LogP contribution is 2.28. The third kappa shape index (κ3) is 4.00. The lowest BCUT2D eigenvalue weighted by Crippen LogP contribution is -2.45. The molecule has 0 radical (unpaired) electrons.